The van der Waals surface area contributed by atoms with Crippen LogP contribution in [0.15, 0.2) is 30.3 Å². The van der Waals surface area contributed by atoms with Gasteiger partial charge in [-0.1, -0.05) is 18.2 Å². The standard InChI is InChI=1S/C14H19NO4S2/c1-14(7-10-21(16,17)11-14)15-13(20)19-9-8-18-12-5-3-2-4-6-12/h2-6H,7-11H2,1H3,(H,15,20). The second-order valence-electron chi connectivity index (χ2n) is 5.33. The SMILES string of the molecule is CC1(NC(=S)OCCOc2ccccc2)CCS(=O)(=O)C1. The van der Waals surface area contributed by atoms with Gasteiger partial charge in [-0.3, -0.25) is 0 Å². The van der Waals surface area contributed by atoms with Gasteiger partial charge in [0.25, 0.3) is 5.17 Å². The zero-order valence-corrected chi connectivity index (χ0v) is 13.5. The molecule has 21 heavy (non-hydrogen) atoms. The van der Waals surface area contributed by atoms with Crippen molar-refractivity contribution in [2.45, 2.75) is 18.9 Å². The minimum atomic E-state index is -2.96. The Labute approximate surface area is 130 Å². The maximum Gasteiger partial charge on any atom is 0.257 e. The fourth-order valence-electron chi connectivity index (χ4n) is 2.20. The van der Waals surface area contributed by atoms with Crippen molar-refractivity contribution in [1.29, 1.82) is 0 Å². The van der Waals surface area contributed by atoms with Crippen LogP contribution in [0.1, 0.15) is 13.3 Å². The lowest BCUT2D eigenvalue weighted by molar-refractivity contribution is 0.202. The van der Waals surface area contributed by atoms with Crippen LogP contribution in [0.2, 0.25) is 0 Å². The molecule has 0 aromatic heterocycles. The van der Waals surface area contributed by atoms with Crippen LogP contribution in [0.4, 0.5) is 0 Å². The molecule has 1 aliphatic rings. The van der Waals surface area contributed by atoms with E-state index in [1.165, 1.54) is 0 Å². The number of hydrogen-bond acceptors (Lipinski definition) is 5. The predicted octanol–water partition coefficient (Wildman–Crippen LogP) is 1.53. The lowest BCUT2D eigenvalue weighted by atomic mass is 10.0. The third-order valence-electron chi connectivity index (χ3n) is 3.24. The van der Waals surface area contributed by atoms with Crippen molar-refractivity contribution in [1.82, 2.24) is 5.32 Å². The average molecular weight is 329 g/mol. The van der Waals surface area contributed by atoms with Crippen LogP contribution in [-0.2, 0) is 14.6 Å². The summed E-state index contributed by atoms with van der Waals surface area (Å²) in [5, 5.41) is 3.20. The van der Waals surface area contributed by atoms with Crippen molar-refractivity contribution in [3.63, 3.8) is 0 Å². The smallest absolute Gasteiger partial charge is 0.257 e. The number of nitrogens with one attached hydrogen (secondary N) is 1. The van der Waals surface area contributed by atoms with Gasteiger partial charge in [-0.05, 0) is 37.7 Å². The largest absolute Gasteiger partial charge is 0.490 e. The number of para-hydroxylation sites is 1. The molecule has 5 nitrogen and oxygen atoms in total. The van der Waals surface area contributed by atoms with Crippen LogP contribution < -0.4 is 10.1 Å². The summed E-state index contributed by atoms with van der Waals surface area (Å²) in [6.45, 7) is 2.53. The molecule has 1 aromatic carbocycles. The van der Waals surface area contributed by atoms with Crippen molar-refractivity contribution in [3.8, 4) is 5.75 Å². The number of thiocarbonyl (C=S) groups is 1. The monoisotopic (exact) mass is 329 g/mol. The molecule has 0 aliphatic carbocycles. The van der Waals surface area contributed by atoms with E-state index in [4.69, 9.17) is 21.7 Å². The Bertz CT molecular complexity index is 588. The molecular formula is C14H19NO4S2. The zero-order valence-electron chi connectivity index (χ0n) is 11.9. The summed E-state index contributed by atoms with van der Waals surface area (Å²) in [5.41, 5.74) is -0.532. The third-order valence-corrected chi connectivity index (χ3v) is 5.36. The molecule has 0 amide bonds. The van der Waals surface area contributed by atoms with Crippen LogP contribution in [0.3, 0.4) is 0 Å². The van der Waals surface area contributed by atoms with Gasteiger partial charge in [0.15, 0.2) is 9.84 Å². The van der Waals surface area contributed by atoms with E-state index in [0.717, 1.165) is 5.75 Å². The quantitative estimate of drug-likeness (QED) is 0.653. The van der Waals surface area contributed by atoms with Crippen LogP contribution in [0.25, 0.3) is 0 Å². The Morgan fingerprint density at radius 2 is 2.05 bits per heavy atom. The van der Waals surface area contributed by atoms with Gasteiger partial charge in [0, 0.05) is 0 Å². The molecule has 0 bridgehead atoms. The maximum atomic E-state index is 11.5. The summed E-state index contributed by atoms with van der Waals surface area (Å²) in [7, 11) is -2.96. The zero-order chi connectivity index (χ0) is 15.3. The highest BCUT2D eigenvalue weighted by atomic mass is 32.2. The second-order valence-corrected chi connectivity index (χ2v) is 7.88. The molecule has 1 heterocycles. The first-order valence-corrected chi connectivity index (χ1v) is 8.95. The van der Waals surface area contributed by atoms with Crippen LogP contribution in [0, 0.1) is 0 Å². The Morgan fingerprint density at radius 1 is 1.33 bits per heavy atom. The molecule has 1 saturated heterocycles. The van der Waals surface area contributed by atoms with E-state index in [0.29, 0.717) is 19.6 Å². The molecule has 0 saturated carbocycles. The van der Waals surface area contributed by atoms with Crippen LogP contribution in [-0.4, -0.2) is 43.9 Å². The summed E-state index contributed by atoms with van der Waals surface area (Å²) in [5.74, 6) is 1.05. The van der Waals surface area contributed by atoms with Gasteiger partial charge in [0.2, 0.25) is 0 Å². The summed E-state index contributed by atoms with van der Waals surface area (Å²) in [6, 6.07) is 9.42. The number of sulfone groups is 1. The maximum absolute atomic E-state index is 11.5. The van der Waals surface area contributed by atoms with Crippen molar-refractivity contribution >= 4 is 27.2 Å². The van der Waals surface area contributed by atoms with Crippen LogP contribution in [0.5, 0.6) is 5.75 Å². The number of rotatable bonds is 5. The van der Waals surface area contributed by atoms with Gasteiger partial charge in [-0.2, -0.15) is 0 Å². The van der Waals surface area contributed by atoms with Crippen molar-refractivity contribution < 1.29 is 17.9 Å². The van der Waals surface area contributed by atoms with E-state index in [-0.39, 0.29) is 16.7 Å². The lowest BCUT2D eigenvalue weighted by Crippen LogP contribution is -2.47. The highest BCUT2D eigenvalue weighted by molar-refractivity contribution is 7.91. The number of ether oxygens (including phenoxy) is 2. The van der Waals surface area contributed by atoms with Gasteiger partial charge < -0.3 is 14.8 Å². The molecule has 1 aliphatic heterocycles. The van der Waals surface area contributed by atoms with E-state index < -0.39 is 15.4 Å². The van der Waals surface area contributed by atoms with Gasteiger partial charge in [-0.25, -0.2) is 8.42 Å². The molecule has 0 spiro atoms. The Morgan fingerprint density at radius 3 is 2.67 bits per heavy atom. The summed E-state index contributed by atoms with van der Waals surface area (Å²) in [4.78, 5) is 0. The van der Waals surface area contributed by atoms with E-state index in [9.17, 15) is 8.42 Å². The minimum Gasteiger partial charge on any atom is -0.490 e. The summed E-state index contributed by atoms with van der Waals surface area (Å²) >= 11 is 5.08. The Balaban J connectivity index is 1.68. The van der Waals surface area contributed by atoms with Gasteiger partial charge in [0.1, 0.15) is 19.0 Å². The molecule has 1 fully saturated rings. The van der Waals surface area contributed by atoms with Crippen molar-refractivity contribution in [3.05, 3.63) is 30.3 Å². The molecule has 0 radical (unpaired) electrons. The summed E-state index contributed by atoms with van der Waals surface area (Å²) in [6.07, 6.45) is 0.541. The van der Waals surface area contributed by atoms with E-state index in [1.54, 1.807) is 0 Å². The topological polar surface area (TPSA) is 64.6 Å². The van der Waals surface area contributed by atoms with E-state index >= 15 is 0 Å². The first-order valence-electron chi connectivity index (χ1n) is 6.72. The normalized spacial score (nSPS) is 23.5. The number of hydrogen-bond donors (Lipinski definition) is 1. The third kappa shape index (κ3) is 5.17. The van der Waals surface area contributed by atoms with E-state index in [2.05, 4.69) is 5.32 Å². The van der Waals surface area contributed by atoms with Crippen molar-refractivity contribution in [2.24, 2.45) is 0 Å². The van der Waals surface area contributed by atoms with E-state index in [1.807, 2.05) is 37.3 Å². The molecule has 2 rings (SSSR count). The second kappa shape index (κ2) is 6.62. The van der Waals surface area contributed by atoms with Gasteiger partial charge in [-0.15, -0.1) is 0 Å². The first kappa shape index (κ1) is 16.0. The Hall–Kier alpha value is -1.34. The molecular weight excluding hydrogens is 310 g/mol. The first-order chi connectivity index (χ1) is 9.89. The lowest BCUT2D eigenvalue weighted by Gasteiger charge is -2.25. The predicted molar refractivity (Wildman–Crippen MR) is 85.3 cm³/mol. The molecule has 1 N–H and O–H groups in total. The van der Waals surface area contributed by atoms with Crippen molar-refractivity contribution in [2.75, 3.05) is 24.7 Å². The van der Waals surface area contributed by atoms with Crippen LogP contribution >= 0.6 is 12.2 Å². The molecule has 7 heteroatoms. The highest BCUT2D eigenvalue weighted by Gasteiger charge is 2.39. The fourth-order valence-corrected chi connectivity index (χ4v) is 4.62. The average Bonchev–Trinajstić information content (AvgIpc) is 2.69. The molecule has 1 aromatic rings. The molecule has 1 unspecified atom stereocenters. The molecule has 1 atom stereocenters. The van der Waals surface area contributed by atoms with Gasteiger partial charge in [0.05, 0.1) is 17.0 Å². The Kier molecular flexibility index (Phi) is 5.05. The number of benzene rings is 1. The summed E-state index contributed by atoms with van der Waals surface area (Å²) < 4.78 is 33.8. The van der Waals surface area contributed by atoms with Gasteiger partial charge >= 0.3 is 0 Å². The fraction of sp³-hybridized carbons (Fsp3) is 0.500. The highest BCUT2D eigenvalue weighted by Crippen LogP contribution is 2.22. The molecule has 116 valence electrons. The minimum absolute atomic E-state index is 0.0873.